The first-order chi connectivity index (χ1) is 9.55. The lowest BCUT2D eigenvalue weighted by Gasteiger charge is -2.20. The maximum absolute atomic E-state index is 11.6. The Balaban J connectivity index is 2.51. The highest BCUT2D eigenvalue weighted by atomic mass is 16.6. The molecule has 0 aliphatic heterocycles. The molecule has 1 amide bonds. The van der Waals surface area contributed by atoms with Gasteiger partial charge in [0.1, 0.15) is 5.60 Å². The van der Waals surface area contributed by atoms with Gasteiger partial charge in [-0.1, -0.05) is 45.0 Å². The van der Waals surface area contributed by atoms with Crippen molar-refractivity contribution in [2.75, 3.05) is 0 Å². The van der Waals surface area contributed by atoms with Crippen molar-refractivity contribution in [1.82, 2.24) is 5.32 Å². The van der Waals surface area contributed by atoms with Crippen LogP contribution in [-0.4, -0.2) is 11.7 Å². The molecule has 0 radical (unpaired) electrons. The fourth-order valence-electron chi connectivity index (χ4n) is 1.90. The second-order valence-electron chi connectivity index (χ2n) is 7.74. The van der Waals surface area contributed by atoms with E-state index in [2.05, 4.69) is 38.2 Å². The molecule has 0 atom stereocenters. The van der Waals surface area contributed by atoms with Crippen LogP contribution in [-0.2, 0) is 17.7 Å². The van der Waals surface area contributed by atoms with Crippen LogP contribution in [0.4, 0.5) is 4.79 Å². The molecule has 0 aliphatic carbocycles. The van der Waals surface area contributed by atoms with Gasteiger partial charge < -0.3 is 10.1 Å². The van der Waals surface area contributed by atoms with Crippen LogP contribution in [0.1, 0.15) is 59.1 Å². The number of ether oxygens (including phenoxy) is 1. The summed E-state index contributed by atoms with van der Waals surface area (Å²) in [5.41, 5.74) is 2.30. The molecule has 0 fully saturated rings. The Morgan fingerprint density at radius 2 is 1.71 bits per heavy atom. The second kappa shape index (κ2) is 6.97. The zero-order valence-electron chi connectivity index (χ0n) is 14.2. The van der Waals surface area contributed by atoms with Gasteiger partial charge in [0.05, 0.1) is 0 Å². The highest BCUT2D eigenvalue weighted by Gasteiger charge is 2.15. The Labute approximate surface area is 129 Å². The van der Waals surface area contributed by atoms with Gasteiger partial charge in [0.15, 0.2) is 0 Å². The van der Waals surface area contributed by atoms with E-state index in [9.17, 15) is 4.79 Å². The molecule has 21 heavy (non-hydrogen) atoms. The van der Waals surface area contributed by atoms with Crippen molar-refractivity contribution in [2.45, 2.75) is 66.5 Å². The summed E-state index contributed by atoms with van der Waals surface area (Å²) >= 11 is 0. The predicted molar refractivity (Wildman–Crippen MR) is 87.3 cm³/mol. The molecule has 1 N–H and O–H groups in total. The molecular formula is C18H29NO2. The number of aryl methyl sites for hydroxylation is 1. The van der Waals surface area contributed by atoms with Crippen molar-refractivity contribution in [3.05, 3.63) is 35.4 Å². The lowest BCUT2D eigenvalue weighted by atomic mass is 9.88. The fraction of sp³-hybridized carbons (Fsp3) is 0.611. The smallest absolute Gasteiger partial charge is 0.407 e. The van der Waals surface area contributed by atoms with Crippen LogP contribution in [0.15, 0.2) is 24.3 Å². The number of amides is 1. The number of alkyl carbamates (subject to hydrolysis) is 1. The molecule has 1 rings (SSSR count). The summed E-state index contributed by atoms with van der Waals surface area (Å²) in [5, 5.41) is 2.79. The van der Waals surface area contributed by atoms with Crippen molar-refractivity contribution >= 4 is 6.09 Å². The molecule has 0 spiro atoms. The molecule has 0 unspecified atom stereocenters. The van der Waals surface area contributed by atoms with E-state index in [1.54, 1.807) is 0 Å². The van der Waals surface area contributed by atoms with Crippen LogP contribution < -0.4 is 5.32 Å². The van der Waals surface area contributed by atoms with Crippen LogP contribution in [0.25, 0.3) is 0 Å². The van der Waals surface area contributed by atoms with Crippen LogP contribution in [0.5, 0.6) is 0 Å². The van der Waals surface area contributed by atoms with E-state index in [1.165, 1.54) is 5.56 Å². The number of rotatable bonds is 4. The van der Waals surface area contributed by atoms with Crippen LogP contribution in [0, 0.1) is 5.41 Å². The molecule has 118 valence electrons. The van der Waals surface area contributed by atoms with Crippen molar-refractivity contribution in [2.24, 2.45) is 5.41 Å². The number of benzene rings is 1. The summed E-state index contributed by atoms with van der Waals surface area (Å²) in [5.74, 6) is 0. The first-order valence-corrected chi connectivity index (χ1v) is 7.60. The minimum absolute atomic E-state index is 0.338. The summed E-state index contributed by atoms with van der Waals surface area (Å²) in [4.78, 5) is 11.6. The Morgan fingerprint density at radius 3 is 2.29 bits per heavy atom. The van der Waals surface area contributed by atoms with E-state index in [1.807, 2.05) is 32.9 Å². The zero-order chi connectivity index (χ0) is 16.1. The average Bonchev–Trinajstić information content (AvgIpc) is 2.32. The average molecular weight is 291 g/mol. The summed E-state index contributed by atoms with van der Waals surface area (Å²) in [6.45, 7) is 12.8. The molecule has 0 aliphatic rings. The van der Waals surface area contributed by atoms with Crippen molar-refractivity contribution in [3.8, 4) is 0 Å². The highest BCUT2D eigenvalue weighted by Crippen LogP contribution is 2.21. The molecule has 1 aromatic carbocycles. The highest BCUT2D eigenvalue weighted by molar-refractivity contribution is 5.67. The number of carbonyl (C=O) groups excluding carboxylic acids is 1. The molecule has 0 bridgehead atoms. The minimum Gasteiger partial charge on any atom is -0.444 e. The largest absolute Gasteiger partial charge is 0.444 e. The topological polar surface area (TPSA) is 38.3 Å². The first-order valence-electron chi connectivity index (χ1n) is 7.60. The minimum atomic E-state index is -0.460. The quantitative estimate of drug-likeness (QED) is 0.874. The standard InChI is InChI=1S/C18H29NO2/c1-17(2,3)11-10-14-8-7-9-15(12-14)13-19-16(20)21-18(4,5)6/h7-9,12H,10-11,13H2,1-6H3,(H,19,20). The van der Waals surface area contributed by atoms with E-state index in [4.69, 9.17) is 4.74 Å². The van der Waals surface area contributed by atoms with Crippen LogP contribution in [0.2, 0.25) is 0 Å². The van der Waals surface area contributed by atoms with Crippen LogP contribution >= 0.6 is 0 Å². The maximum Gasteiger partial charge on any atom is 0.407 e. The molecule has 1 aromatic rings. The number of carbonyl (C=O) groups is 1. The van der Waals surface area contributed by atoms with E-state index in [0.29, 0.717) is 12.0 Å². The lowest BCUT2D eigenvalue weighted by Crippen LogP contribution is -2.32. The van der Waals surface area contributed by atoms with Gasteiger partial charge in [-0.15, -0.1) is 0 Å². The van der Waals surface area contributed by atoms with Gasteiger partial charge in [-0.05, 0) is 50.2 Å². The van der Waals surface area contributed by atoms with E-state index >= 15 is 0 Å². The zero-order valence-corrected chi connectivity index (χ0v) is 14.2. The Bertz CT molecular complexity index is 467. The van der Waals surface area contributed by atoms with Crippen LogP contribution in [0.3, 0.4) is 0 Å². The molecule has 3 heteroatoms. The van der Waals surface area contributed by atoms with Crippen molar-refractivity contribution in [1.29, 1.82) is 0 Å². The Kier molecular flexibility index (Phi) is 5.82. The lowest BCUT2D eigenvalue weighted by molar-refractivity contribution is 0.0523. The van der Waals surface area contributed by atoms with Gasteiger partial charge >= 0.3 is 6.09 Å². The van der Waals surface area contributed by atoms with Crippen molar-refractivity contribution in [3.63, 3.8) is 0 Å². The van der Waals surface area contributed by atoms with Gasteiger partial charge in [0.2, 0.25) is 0 Å². The summed E-state index contributed by atoms with van der Waals surface area (Å²) in [6, 6.07) is 8.37. The normalized spacial score (nSPS) is 12.1. The summed E-state index contributed by atoms with van der Waals surface area (Å²) in [6.07, 6.45) is 1.84. The first kappa shape index (κ1) is 17.5. The van der Waals surface area contributed by atoms with E-state index in [-0.39, 0.29) is 6.09 Å². The number of nitrogens with one attached hydrogen (secondary N) is 1. The maximum atomic E-state index is 11.6. The summed E-state index contributed by atoms with van der Waals surface area (Å²) < 4.78 is 5.23. The van der Waals surface area contributed by atoms with Gasteiger partial charge in [-0.2, -0.15) is 0 Å². The molecule has 0 saturated heterocycles. The molecule has 0 saturated carbocycles. The van der Waals surface area contributed by atoms with Gasteiger partial charge in [0.25, 0.3) is 0 Å². The Morgan fingerprint density at radius 1 is 1.10 bits per heavy atom. The third-order valence-electron chi connectivity index (χ3n) is 2.99. The second-order valence-corrected chi connectivity index (χ2v) is 7.74. The Hall–Kier alpha value is -1.51. The molecule has 0 aromatic heterocycles. The predicted octanol–water partition coefficient (Wildman–Crippen LogP) is 4.69. The SMILES string of the molecule is CC(C)(C)CCc1cccc(CNC(=O)OC(C)(C)C)c1. The third kappa shape index (κ3) is 8.38. The van der Waals surface area contributed by atoms with E-state index in [0.717, 1.165) is 18.4 Å². The van der Waals surface area contributed by atoms with Gasteiger partial charge in [0, 0.05) is 6.54 Å². The molecule has 0 heterocycles. The third-order valence-corrected chi connectivity index (χ3v) is 2.99. The van der Waals surface area contributed by atoms with E-state index < -0.39 is 5.60 Å². The summed E-state index contributed by atoms with van der Waals surface area (Å²) in [7, 11) is 0. The number of hydrogen-bond acceptors (Lipinski definition) is 2. The monoisotopic (exact) mass is 291 g/mol. The van der Waals surface area contributed by atoms with Gasteiger partial charge in [-0.25, -0.2) is 4.79 Å². The fourth-order valence-corrected chi connectivity index (χ4v) is 1.90. The molecular weight excluding hydrogens is 262 g/mol. The number of hydrogen-bond donors (Lipinski definition) is 1. The van der Waals surface area contributed by atoms with Gasteiger partial charge in [-0.3, -0.25) is 0 Å². The van der Waals surface area contributed by atoms with Crippen molar-refractivity contribution < 1.29 is 9.53 Å². The molecule has 3 nitrogen and oxygen atoms in total.